The number of benzene rings is 1. The Morgan fingerprint density at radius 3 is 2.50 bits per heavy atom. The summed E-state index contributed by atoms with van der Waals surface area (Å²) in [6.07, 6.45) is 2.37. The molecule has 18 heavy (non-hydrogen) atoms. The van der Waals surface area contributed by atoms with Crippen LogP contribution in [0.3, 0.4) is 0 Å². The summed E-state index contributed by atoms with van der Waals surface area (Å²) in [5.74, 6) is 0. The summed E-state index contributed by atoms with van der Waals surface area (Å²) in [5.41, 5.74) is 2.61. The van der Waals surface area contributed by atoms with Crippen LogP contribution in [0.5, 0.6) is 0 Å². The van der Waals surface area contributed by atoms with Crippen molar-refractivity contribution in [2.24, 2.45) is 0 Å². The molecule has 2 rings (SSSR count). The molecule has 0 atom stereocenters. The number of nitrogens with one attached hydrogen (secondary N) is 1. The minimum Gasteiger partial charge on any atom is -0.380 e. The van der Waals surface area contributed by atoms with Gasteiger partial charge in [0.1, 0.15) is 0 Å². The van der Waals surface area contributed by atoms with Crippen LogP contribution in [-0.2, 0) is 13.0 Å². The van der Waals surface area contributed by atoms with Crippen molar-refractivity contribution in [1.82, 2.24) is 0 Å². The van der Waals surface area contributed by atoms with Crippen LogP contribution in [0.4, 0.5) is 5.69 Å². The molecule has 1 N–H and O–H groups in total. The first-order valence-electron chi connectivity index (χ1n) is 6.26. The summed E-state index contributed by atoms with van der Waals surface area (Å²) < 4.78 is 1.21. The van der Waals surface area contributed by atoms with Gasteiger partial charge in [-0.05, 0) is 53.0 Å². The van der Waals surface area contributed by atoms with E-state index in [4.69, 9.17) is 0 Å². The van der Waals surface area contributed by atoms with Crippen LogP contribution in [0, 0.1) is 6.92 Å². The SMILES string of the molecule is CCCc1ccc(NCc2cc(Br)c(C)s2)cc1. The molecule has 1 aromatic carbocycles. The third-order valence-corrected chi connectivity index (χ3v) is 5.00. The fourth-order valence-corrected chi connectivity index (χ4v) is 3.41. The molecule has 0 radical (unpaired) electrons. The summed E-state index contributed by atoms with van der Waals surface area (Å²) in [5, 5.41) is 3.46. The molecule has 0 fully saturated rings. The third kappa shape index (κ3) is 3.59. The number of halogens is 1. The predicted octanol–water partition coefficient (Wildman–Crippen LogP) is 5.38. The van der Waals surface area contributed by atoms with Crippen LogP contribution >= 0.6 is 27.3 Å². The van der Waals surface area contributed by atoms with E-state index in [1.165, 1.54) is 31.9 Å². The van der Waals surface area contributed by atoms with Gasteiger partial charge in [0.2, 0.25) is 0 Å². The molecule has 1 aromatic heterocycles. The minimum absolute atomic E-state index is 0.893. The molecule has 1 heterocycles. The molecule has 0 aliphatic heterocycles. The average Bonchev–Trinajstić information content (AvgIpc) is 2.68. The van der Waals surface area contributed by atoms with Gasteiger partial charge in [-0.1, -0.05) is 25.5 Å². The van der Waals surface area contributed by atoms with Gasteiger partial charge in [-0.15, -0.1) is 11.3 Å². The first-order chi connectivity index (χ1) is 8.69. The summed E-state index contributed by atoms with van der Waals surface area (Å²) in [6.45, 7) is 5.24. The maximum atomic E-state index is 3.55. The van der Waals surface area contributed by atoms with E-state index in [9.17, 15) is 0 Å². The second kappa shape index (κ2) is 6.39. The van der Waals surface area contributed by atoms with Crippen LogP contribution in [0.15, 0.2) is 34.8 Å². The van der Waals surface area contributed by atoms with Gasteiger partial charge in [0.05, 0.1) is 0 Å². The molecule has 3 heteroatoms. The molecule has 0 saturated carbocycles. The predicted molar refractivity (Wildman–Crippen MR) is 84.5 cm³/mol. The van der Waals surface area contributed by atoms with Crippen molar-refractivity contribution in [3.8, 4) is 0 Å². The van der Waals surface area contributed by atoms with Crippen LogP contribution < -0.4 is 5.32 Å². The lowest BCUT2D eigenvalue weighted by Gasteiger charge is -2.06. The summed E-state index contributed by atoms with van der Waals surface area (Å²) in [7, 11) is 0. The number of thiophene rings is 1. The van der Waals surface area contributed by atoms with Crippen LogP contribution in [0.25, 0.3) is 0 Å². The van der Waals surface area contributed by atoms with Gasteiger partial charge in [-0.25, -0.2) is 0 Å². The molecule has 96 valence electrons. The van der Waals surface area contributed by atoms with E-state index >= 15 is 0 Å². The second-order valence-electron chi connectivity index (χ2n) is 4.42. The molecule has 0 bridgehead atoms. The van der Waals surface area contributed by atoms with Gasteiger partial charge in [0.15, 0.2) is 0 Å². The molecule has 0 unspecified atom stereocenters. The summed E-state index contributed by atoms with van der Waals surface area (Å²) in [6, 6.07) is 10.9. The van der Waals surface area contributed by atoms with Crippen molar-refractivity contribution in [3.05, 3.63) is 50.1 Å². The zero-order chi connectivity index (χ0) is 13.0. The minimum atomic E-state index is 0.893. The number of hydrogen-bond acceptors (Lipinski definition) is 2. The lowest BCUT2D eigenvalue weighted by atomic mass is 10.1. The lowest BCUT2D eigenvalue weighted by molar-refractivity contribution is 0.922. The number of aryl methyl sites for hydroxylation is 2. The van der Waals surface area contributed by atoms with Crippen molar-refractivity contribution >= 4 is 33.0 Å². The van der Waals surface area contributed by atoms with E-state index < -0.39 is 0 Å². The Balaban J connectivity index is 1.93. The normalized spacial score (nSPS) is 10.6. The quantitative estimate of drug-likeness (QED) is 0.778. The van der Waals surface area contributed by atoms with Gasteiger partial charge in [0.25, 0.3) is 0 Å². The van der Waals surface area contributed by atoms with Crippen molar-refractivity contribution in [3.63, 3.8) is 0 Å². The average molecular weight is 324 g/mol. The largest absolute Gasteiger partial charge is 0.380 e. The summed E-state index contributed by atoms with van der Waals surface area (Å²) >= 11 is 5.39. The highest BCUT2D eigenvalue weighted by Crippen LogP contribution is 2.26. The zero-order valence-corrected chi connectivity index (χ0v) is 13.2. The van der Waals surface area contributed by atoms with Crippen LogP contribution in [-0.4, -0.2) is 0 Å². The molecule has 1 nitrogen and oxygen atoms in total. The zero-order valence-electron chi connectivity index (χ0n) is 10.8. The fourth-order valence-electron chi connectivity index (χ4n) is 1.87. The molecule has 0 amide bonds. The van der Waals surface area contributed by atoms with E-state index in [1.54, 1.807) is 0 Å². The maximum Gasteiger partial charge on any atom is 0.0494 e. The Morgan fingerprint density at radius 1 is 1.22 bits per heavy atom. The Morgan fingerprint density at radius 2 is 1.94 bits per heavy atom. The first kappa shape index (κ1) is 13.6. The molecule has 0 aliphatic carbocycles. The molecular formula is C15H18BrNS. The number of rotatable bonds is 5. The molecule has 0 spiro atoms. The van der Waals surface area contributed by atoms with E-state index in [1.807, 2.05) is 11.3 Å². The highest BCUT2D eigenvalue weighted by Gasteiger charge is 2.02. The topological polar surface area (TPSA) is 12.0 Å². The van der Waals surface area contributed by atoms with Gasteiger partial charge < -0.3 is 5.32 Å². The van der Waals surface area contributed by atoms with Crippen molar-refractivity contribution < 1.29 is 0 Å². The fraction of sp³-hybridized carbons (Fsp3) is 0.333. The highest BCUT2D eigenvalue weighted by molar-refractivity contribution is 9.10. The van der Waals surface area contributed by atoms with Gasteiger partial charge in [0, 0.05) is 26.5 Å². The molecular weight excluding hydrogens is 306 g/mol. The standard InChI is InChI=1S/C15H18BrNS/c1-3-4-12-5-7-13(8-6-12)17-10-14-9-15(16)11(2)18-14/h5-9,17H,3-4,10H2,1-2H3. The van der Waals surface area contributed by atoms with Gasteiger partial charge in [-0.2, -0.15) is 0 Å². The van der Waals surface area contributed by atoms with E-state index in [-0.39, 0.29) is 0 Å². The Kier molecular flexibility index (Phi) is 4.84. The Bertz CT molecular complexity index is 482. The Labute approximate surface area is 121 Å². The van der Waals surface area contributed by atoms with E-state index in [0.29, 0.717) is 0 Å². The van der Waals surface area contributed by atoms with Crippen molar-refractivity contribution in [2.75, 3.05) is 5.32 Å². The molecule has 0 saturated heterocycles. The Hall–Kier alpha value is -0.800. The number of hydrogen-bond donors (Lipinski definition) is 1. The van der Waals surface area contributed by atoms with E-state index in [2.05, 4.69) is 65.4 Å². The van der Waals surface area contributed by atoms with Crippen LogP contribution in [0.2, 0.25) is 0 Å². The first-order valence-corrected chi connectivity index (χ1v) is 7.87. The number of anilines is 1. The van der Waals surface area contributed by atoms with Crippen molar-refractivity contribution in [2.45, 2.75) is 33.2 Å². The summed E-state index contributed by atoms with van der Waals surface area (Å²) in [4.78, 5) is 2.70. The lowest BCUT2D eigenvalue weighted by Crippen LogP contribution is -1.97. The van der Waals surface area contributed by atoms with Crippen molar-refractivity contribution in [1.29, 1.82) is 0 Å². The third-order valence-electron chi connectivity index (χ3n) is 2.87. The second-order valence-corrected chi connectivity index (χ2v) is 6.61. The van der Waals surface area contributed by atoms with Gasteiger partial charge >= 0.3 is 0 Å². The van der Waals surface area contributed by atoms with Gasteiger partial charge in [-0.3, -0.25) is 0 Å². The maximum absolute atomic E-state index is 3.55. The smallest absolute Gasteiger partial charge is 0.0494 e. The highest BCUT2D eigenvalue weighted by atomic mass is 79.9. The monoisotopic (exact) mass is 323 g/mol. The van der Waals surface area contributed by atoms with E-state index in [0.717, 1.165) is 13.0 Å². The molecule has 2 aromatic rings. The molecule has 0 aliphatic rings. The van der Waals surface area contributed by atoms with Crippen LogP contribution in [0.1, 0.15) is 28.7 Å².